The number of hydrogen-bond donors (Lipinski definition) is 1. The van der Waals surface area contributed by atoms with Crippen LogP contribution in [-0.4, -0.2) is 30.9 Å². The summed E-state index contributed by atoms with van der Waals surface area (Å²) in [6, 6.07) is 23.7. The van der Waals surface area contributed by atoms with Gasteiger partial charge in [0.05, 0.1) is 19.3 Å². The average molecular weight is 660 g/mol. The van der Waals surface area contributed by atoms with E-state index in [1.54, 1.807) is 52.5 Å². The van der Waals surface area contributed by atoms with E-state index >= 15 is 0 Å². The number of aryl methyl sites for hydroxylation is 1. The Morgan fingerprint density at radius 3 is 2.34 bits per heavy atom. The molecule has 10 heteroatoms. The molecule has 3 aromatic carbocycles. The maximum Gasteiger partial charge on any atom is 0.408 e. The minimum atomic E-state index is -3.42. The van der Waals surface area contributed by atoms with E-state index in [0.29, 0.717) is 30.9 Å². The first-order valence-corrected chi connectivity index (χ1v) is 17.6. The molecule has 0 fully saturated rings. The van der Waals surface area contributed by atoms with Gasteiger partial charge in [-0.3, -0.25) is 4.57 Å². The van der Waals surface area contributed by atoms with Crippen molar-refractivity contribution in [2.45, 2.75) is 81.9 Å². The highest BCUT2D eigenvalue weighted by atomic mass is 35.5. The van der Waals surface area contributed by atoms with Crippen molar-refractivity contribution in [3.63, 3.8) is 0 Å². The summed E-state index contributed by atoms with van der Waals surface area (Å²) in [4.78, 5) is 14.6. The molecule has 1 atom stereocenters. The van der Waals surface area contributed by atoms with Crippen LogP contribution in [0.5, 0.6) is 5.75 Å². The third-order valence-electron chi connectivity index (χ3n) is 6.10. The lowest BCUT2D eigenvalue weighted by molar-refractivity contribution is 0.0512. The largest absolute Gasteiger partial charge is 0.489 e. The molecule has 0 saturated carbocycles. The minimum Gasteiger partial charge on any atom is -0.489 e. The quantitative estimate of drug-likeness (QED) is 0.153. The number of rotatable bonds is 16. The topological polar surface area (TPSA) is 83.1 Å². The molecular weight excluding hydrogens is 617 g/mol. The molecule has 0 saturated heterocycles. The van der Waals surface area contributed by atoms with Crippen molar-refractivity contribution in [1.29, 1.82) is 0 Å². The van der Waals surface area contributed by atoms with Crippen molar-refractivity contribution in [1.82, 2.24) is 5.32 Å². The van der Waals surface area contributed by atoms with E-state index in [1.165, 1.54) is 5.82 Å². The molecule has 0 heterocycles. The van der Waals surface area contributed by atoms with Crippen molar-refractivity contribution in [3.05, 3.63) is 101 Å². The third kappa shape index (κ3) is 13.1. The second kappa shape index (κ2) is 17.7. The molecule has 7 nitrogen and oxygen atoms in total. The SMILES string of the molecule is CCOP(=O)(/C=C/C(CCCc1ccc(Sc2cccc(OCc3ccccc3)c2)cc1Cl)NC(=O)OC(C)(C)C)OCC. The highest BCUT2D eigenvalue weighted by molar-refractivity contribution is 7.99. The van der Waals surface area contributed by atoms with Gasteiger partial charge >= 0.3 is 13.7 Å². The summed E-state index contributed by atoms with van der Waals surface area (Å²) >= 11 is 8.31. The summed E-state index contributed by atoms with van der Waals surface area (Å²) in [5.41, 5.74) is 1.48. The third-order valence-corrected chi connectivity index (χ3v) is 9.20. The molecule has 3 rings (SSSR count). The Morgan fingerprint density at radius 2 is 1.68 bits per heavy atom. The standard InChI is InChI=1S/C34H43ClNO6PS/c1-6-40-43(38,41-7-2)22-21-28(36-33(37)42-34(3,4)5)16-11-15-27-19-20-31(24-32(27)35)44-30-18-12-17-29(23-30)39-25-26-13-9-8-10-14-26/h8-10,12-14,17-24,28H,6-7,11,15-16,25H2,1-5H3,(H,36,37)/b22-21+. The van der Waals surface area contributed by atoms with Crippen LogP contribution >= 0.6 is 31.0 Å². The lowest BCUT2D eigenvalue weighted by Gasteiger charge is -2.23. The summed E-state index contributed by atoms with van der Waals surface area (Å²) in [7, 11) is -3.42. The molecule has 1 amide bonds. The molecule has 44 heavy (non-hydrogen) atoms. The van der Waals surface area contributed by atoms with E-state index < -0.39 is 25.3 Å². The molecule has 238 valence electrons. The van der Waals surface area contributed by atoms with Crippen LogP contribution in [0.25, 0.3) is 0 Å². The smallest absolute Gasteiger partial charge is 0.408 e. The zero-order valence-corrected chi connectivity index (χ0v) is 28.6. The number of nitrogens with one attached hydrogen (secondary N) is 1. The van der Waals surface area contributed by atoms with Crippen molar-refractivity contribution in [3.8, 4) is 5.75 Å². The Balaban J connectivity index is 1.61. The number of ether oxygens (including phenoxy) is 2. The van der Waals surface area contributed by atoms with Gasteiger partial charge in [0.15, 0.2) is 0 Å². The van der Waals surface area contributed by atoms with Crippen LogP contribution in [0.4, 0.5) is 4.79 Å². The zero-order valence-electron chi connectivity index (χ0n) is 26.1. The fourth-order valence-corrected chi connectivity index (χ4v) is 6.81. The number of halogens is 1. The fraction of sp³-hybridized carbons (Fsp3) is 0.382. The first kappa shape index (κ1) is 35.7. The first-order chi connectivity index (χ1) is 21.0. The van der Waals surface area contributed by atoms with Gasteiger partial charge in [0.1, 0.15) is 18.0 Å². The van der Waals surface area contributed by atoms with E-state index in [1.807, 2.05) is 66.7 Å². The maximum absolute atomic E-state index is 12.9. The minimum absolute atomic E-state index is 0.242. The number of amides is 1. The summed E-state index contributed by atoms with van der Waals surface area (Å²) in [6.45, 7) is 9.91. The molecule has 0 spiro atoms. The van der Waals surface area contributed by atoms with Gasteiger partial charge in [0, 0.05) is 20.6 Å². The molecule has 1 N–H and O–H groups in total. The maximum atomic E-state index is 12.9. The second-order valence-electron chi connectivity index (χ2n) is 11.0. The fourth-order valence-electron chi connectivity index (χ4n) is 4.18. The van der Waals surface area contributed by atoms with E-state index in [4.69, 9.17) is 30.1 Å². The number of carbonyl (C=O) groups excluding carboxylic acids is 1. The molecule has 1 unspecified atom stereocenters. The number of carbonyl (C=O) groups is 1. The Kier molecular flexibility index (Phi) is 14.4. The normalized spacial score (nSPS) is 12.7. The average Bonchev–Trinajstić information content (AvgIpc) is 2.96. The molecule has 0 aliphatic rings. The van der Waals surface area contributed by atoms with Crippen molar-refractivity contribution >= 4 is 37.1 Å². The first-order valence-electron chi connectivity index (χ1n) is 14.8. The van der Waals surface area contributed by atoms with E-state index in [0.717, 1.165) is 26.7 Å². The van der Waals surface area contributed by atoms with Crippen molar-refractivity contribution < 1.29 is 27.9 Å². The van der Waals surface area contributed by atoms with Gasteiger partial charge in [-0.25, -0.2) is 4.79 Å². The van der Waals surface area contributed by atoms with Crippen LogP contribution in [0.15, 0.2) is 94.5 Å². The zero-order chi connectivity index (χ0) is 32.0. The van der Waals surface area contributed by atoms with E-state index in [2.05, 4.69) is 11.4 Å². The molecule has 0 aliphatic carbocycles. The predicted molar refractivity (Wildman–Crippen MR) is 179 cm³/mol. The molecule has 0 aliphatic heterocycles. The molecule has 3 aromatic rings. The van der Waals surface area contributed by atoms with Gasteiger partial charge in [0.25, 0.3) is 0 Å². The van der Waals surface area contributed by atoms with Gasteiger partial charge < -0.3 is 23.8 Å². The Bertz CT molecular complexity index is 1400. The van der Waals surface area contributed by atoms with Gasteiger partial charge in [-0.05, 0) is 95.3 Å². The Morgan fingerprint density at radius 1 is 0.977 bits per heavy atom. The van der Waals surface area contributed by atoms with Gasteiger partial charge in [-0.15, -0.1) is 0 Å². The van der Waals surface area contributed by atoms with Crippen molar-refractivity contribution in [2.75, 3.05) is 13.2 Å². The van der Waals surface area contributed by atoms with E-state index in [9.17, 15) is 9.36 Å². The Labute approximate surface area is 271 Å². The monoisotopic (exact) mass is 659 g/mol. The molecule has 0 radical (unpaired) electrons. The highest BCUT2D eigenvalue weighted by Crippen LogP contribution is 2.49. The van der Waals surface area contributed by atoms with Crippen LogP contribution in [0, 0.1) is 0 Å². The number of alkyl carbamates (subject to hydrolysis) is 1. The van der Waals surface area contributed by atoms with Crippen LogP contribution < -0.4 is 10.1 Å². The van der Waals surface area contributed by atoms with Gasteiger partial charge in [0.2, 0.25) is 0 Å². The van der Waals surface area contributed by atoms with E-state index in [-0.39, 0.29) is 13.2 Å². The lowest BCUT2D eigenvalue weighted by atomic mass is 10.0. The van der Waals surface area contributed by atoms with Crippen LogP contribution in [0.1, 0.15) is 58.6 Å². The summed E-state index contributed by atoms with van der Waals surface area (Å²) in [5.74, 6) is 2.23. The van der Waals surface area contributed by atoms with Gasteiger partial charge in [-0.2, -0.15) is 0 Å². The van der Waals surface area contributed by atoms with Crippen LogP contribution in [0.2, 0.25) is 5.02 Å². The number of hydrogen-bond acceptors (Lipinski definition) is 7. The molecule has 0 bridgehead atoms. The van der Waals surface area contributed by atoms with Gasteiger partial charge in [-0.1, -0.05) is 71.9 Å². The molecule has 0 aromatic heterocycles. The summed E-state index contributed by atoms with van der Waals surface area (Å²) < 4.78 is 35.1. The predicted octanol–water partition coefficient (Wildman–Crippen LogP) is 10.1. The Hall–Kier alpha value is -2.74. The summed E-state index contributed by atoms with van der Waals surface area (Å²) in [5, 5.41) is 3.54. The van der Waals surface area contributed by atoms with Crippen molar-refractivity contribution in [2.24, 2.45) is 0 Å². The second-order valence-corrected chi connectivity index (χ2v) is 14.4. The molecular formula is C34H43ClNO6PS. The van der Waals surface area contributed by atoms with Crippen LogP contribution in [0.3, 0.4) is 0 Å². The van der Waals surface area contributed by atoms with Crippen LogP contribution in [-0.2, 0) is 31.4 Å². The highest BCUT2D eigenvalue weighted by Gasteiger charge is 2.22. The number of benzene rings is 3. The lowest BCUT2D eigenvalue weighted by Crippen LogP contribution is -2.38. The summed E-state index contributed by atoms with van der Waals surface area (Å²) in [6.07, 6.45) is 3.09.